The van der Waals surface area contributed by atoms with Crippen molar-refractivity contribution < 1.29 is 4.74 Å². The van der Waals surface area contributed by atoms with Crippen LogP contribution in [0.15, 0.2) is 67.0 Å². The maximum Gasteiger partial charge on any atom is 0.237 e. The van der Waals surface area contributed by atoms with E-state index in [1.165, 1.54) is 11.1 Å². The third kappa shape index (κ3) is 4.15. The monoisotopic (exact) mass is 374 g/mol. The zero-order valence-electron chi connectivity index (χ0n) is 16.3. The normalized spacial score (nSPS) is 17.7. The van der Waals surface area contributed by atoms with Gasteiger partial charge in [0.05, 0.1) is 18.3 Å². The van der Waals surface area contributed by atoms with Crippen LogP contribution < -0.4 is 15.4 Å². The number of ether oxygens (including phenoxy) is 1. The van der Waals surface area contributed by atoms with Crippen LogP contribution in [0.4, 0.5) is 5.69 Å². The van der Waals surface area contributed by atoms with Crippen LogP contribution in [0.25, 0.3) is 0 Å². The van der Waals surface area contributed by atoms with E-state index < -0.39 is 0 Å². The first-order chi connectivity index (χ1) is 13.7. The van der Waals surface area contributed by atoms with Crippen LogP contribution in [-0.4, -0.2) is 29.2 Å². The van der Waals surface area contributed by atoms with Crippen LogP contribution in [0, 0.1) is 6.92 Å². The van der Waals surface area contributed by atoms with E-state index in [0.717, 1.165) is 24.5 Å². The highest BCUT2D eigenvalue weighted by Crippen LogP contribution is 2.30. The maximum atomic E-state index is 6.25. The zero-order valence-corrected chi connectivity index (χ0v) is 16.3. The van der Waals surface area contributed by atoms with E-state index >= 15 is 0 Å². The average Bonchev–Trinajstić information content (AvgIpc) is 2.75. The molecule has 0 amide bonds. The predicted octanol–water partition coefficient (Wildman–Crippen LogP) is 4.09. The molecule has 1 aliphatic heterocycles. The second kappa shape index (κ2) is 8.40. The first-order valence-electron chi connectivity index (χ1n) is 9.77. The lowest BCUT2D eigenvalue weighted by Gasteiger charge is -2.33. The molecule has 2 aromatic heterocycles. The summed E-state index contributed by atoms with van der Waals surface area (Å²) in [5, 5.41) is 7.18. The van der Waals surface area contributed by atoms with Crippen molar-refractivity contribution in [3.05, 3.63) is 83.8 Å². The van der Waals surface area contributed by atoms with Gasteiger partial charge in [0.1, 0.15) is 6.10 Å². The summed E-state index contributed by atoms with van der Waals surface area (Å²) in [7, 11) is 0. The van der Waals surface area contributed by atoms with Gasteiger partial charge in [-0.15, -0.1) is 0 Å². The van der Waals surface area contributed by atoms with Crippen LogP contribution >= 0.6 is 0 Å². The lowest BCUT2D eigenvalue weighted by molar-refractivity contribution is 0.149. The lowest BCUT2D eigenvalue weighted by Crippen LogP contribution is -2.43. The molecule has 1 aliphatic rings. The van der Waals surface area contributed by atoms with Gasteiger partial charge in [-0.05, 0) is 42.2 Å². The Balaban J connectivity index is 1.51. The van der Waals surface area contributed by atoms with Crippen molar-refractivity contribution in [1.29, 1.82) is 0 Å². The summed E-state index contributed by atoms with van der Waals surface area (Å²) < 4.78 is 6.25. The molecule has 5 nitrogen and oxygen atoms in total. The highest BCUT2D eigenvalue weighted by molar-refractivity contribution is 5.54. The fraction of sp³-hybridized carbons (Fsp3) is 0.304. The minimum Gasteiger partial charge on any atom is -0.469 e. The molecule has 3 aromatic rings. The van der Waals surface area contributed by atoms with Gasteiger partial charge in [0.25, 0.3) is 0 Å². The molecule has 2 N–H and O–H groups in total. The minimum atomic E-state index is -0.0480. The van der Waals surface area contributed by atoms with Gasteiger partial charge in [-0.3, -0.25) is 4.98 Å². The summed E-state index contributed by atoms with van der Waals surface area (Å²) in [5.41, 5.74) is 4.44. The van der Waals surface area contributed by atoms with E-state index in [1.54, 1.807) is 6.20 Å². The van der Waals surface area contributed by atoms with Crippen molar-refractivity contribution in [2.24, 2.45) is 0 Å². The summed E-state index contributed by atoms with van der Waals surface area (Å²) in [6.45, 7) is 5.79. The molecule has 0 fully saturated rings. The predicted molar refractivity (Wildman–Crippen MR) is 112 cm³/mol. The van der Waals surface area contributed by atoms with E-state index in [9.17, 15) is 0 Å². The molecule has 0 spiro atoms. The summed E-state index contributed by atoms with van der Waals surface area (Å²) in [5.74, 6) is 1.01. The van der Waals surface area contributed by atoms with Crippen LogP contribution in [-0.2, 0) is 0 Å². The number of aryl methyl sites for hydroxylation is 1. The van der Waals surface area contributed by atoms with Gasteiger partial charge in [0.15, 0.2) is 0 Å². The summed E-state index contributed by atoms with van der Waals surface area (Å²) in [6.07, 6.45) is 3.69. The van der Waals surface area contributed by atoms with Gasteiger partial charge in [0.2, 0.25) is 5.88 Å². The fourth-order valence-electron chi connectivity index (χ4n) is 3.52. The van der Waals surface area contributed by atoms with Gasteiger partial charge in [0, 0.05) is 24.6 Å². The Kier molecular flexibility index (Phi) is 5.53. The number of rotatable bonds is 6. The summed E-state index contributed by atoms with van der Waals surface area (Å²) in [4.78, 5) is 8.81. The molecule has 0 saturated heterocycles. The van der Waals surface area contributed by atoms with E-state index in [4.69, 9.17) is 4.74 Å². The highest BCUT2D eigenvalue weighted by atomic mass is 16.5. The number of aromatic nitrogens is 2. The maximum absolute atomic E-state index is 6.25. The third-order valence-electron chi connectivity index (χ3n) is 5.21. The Morgan fingerprint density at radius 1 is 1.07 bits per heavy atom. The molecular weight excluding hydrogens is 348 g/mol. The van der Waals surface area contributed by atoms with Crippen molar-refractivity contribution in [2.45, 2.75) is 31.9 Å². The molecule has 0 aliphatic carbocycles. The molecule has 0 radical (unpaired) electrons. The summed E-state index contributed by atoms with van der Waals surface area (Å²) >= 11 is 0. The number of pyridine rings is 2. The molecule has 3 heterocycles. The van der Waals surface area contributed by atoms with Crippen LogP contribution in [0.5, 0.6) is 5.88 Å². The Morgan fingerprint density at radius 3 is 2.71 bits per heavy atom. The van der Waals surface area contributed by atoms with E-state index in [-0.39, 0.29) is 12.1 Å². The minimum absolute atomic E-state index is 0.0480. The molecule has 1 aromatic carbocycles. The van der Waals surface area contributed by atoms with Crippen LogP contribution in [0.2, 0.25) is 0 Å². The molecule has 4 rings (SSSR count). The number of nitrogens with one attached hydrogen (secondary N) is 2. The van der Waals surface area contributed by atoms with Gasteiger partial charge in [-0.2, -0.15) is 0 Å². The number of hydrogen-bond donors (Lipinski definition) is 2. The first-order valence-corrected chi connectivity index (χ1v) is 9.77. The molecule has 5 heteroatoms. The fourth-order valence-corrected chi connectivity index (χ4v) is 3.52. The van der Waals surface area contributed by atoms with Crippen molar-refractivity contribution in [2.75, 3.05) is 18.4 Å². The van der Waals surface area contributed by atoms with Crippen molar-refractivity contribution in [1.82, 2.24) is 15.3 Å². The van der Waals surface area contributed by atoms with Crippen molar-refractivity contribution in [3.63, 3.8) is 0 Å². The smallest absolute Gasteiger partial charge is 0.237 e. The average molecular weight is 374 g/mol. The summed E-state index contributed by atoms with van der Waals surface area (Å²) in [6, 6.07) is 18.7. The molecule has 0 bridgehead atoms. The molecule has 3 atom stereocenters. The standard InChI is InChI=1S/C23H26N4O/c1-16(19-11-10-17(2)25-14-19)13-27-22(18-7-4-3-5-8-18)21-15-26-20-9-6-12-24-23(20)28-21/h3-12,14,16,21-22,26-27H,13,15H2,1-2H3/t16-,21+,22-/m1/s1. The number of nitrogens with zero attached hydrogens (tertiary/aromatic N) is 2. The molecule has 0 saturated carbocycles. The molecule has 144 valence electrons. The van der Waals surface area contributed by atoms with Crippen LogP contribution in [0.1, 0.15) is 35.7 Å². The molecular formula is C23H26N4O. The van der Waals surface area contributed by atoms with Crippen LogP contribution in [0.3, 0.4) is 0 Å². The zero-order chi connectivity index (χ0) is 19.3. The van der Waals surface area contributed by atoms with Gasteiger partial charge < -0.3 is 15.4 Å². The Bertz CT molecular complexity index is 898. The number of hydrogen-bond acceptors (Lipinski definition) is 5. The van der Waals surface area contributed by atoms with Gasteiger partial charge in [-0.1, -0.05) is 43.3 Å². The second-order valence-electron chi connectivity index (χ2n) is 7.32. The first kappa shape index (κ1) is 18.4. The Morgan fingerprint density at radius 2 is 1.93 bits per heavy atom. The Hall–Kier alpha value is -2.92. The Labute approximate surface area is 166 Å². The number of benzene rings is 1. The number of fused-ring (bicyclic) bond motifs is 1. The third-order valence-corrected chi connectivity index (χ3v) is 5.21. The van der Waals surface area contributed by atoms with E-state index in [0.29, 0.717) is 11.8 Å². The molecule has 28 heavy (non-hydrogen) atoms. The van der Waals surface area contributed by atoms with E-state index in [1.807, 2.05) is 31.3 Å². The topological polar surface area (TPSA) is 59.1 Å². The number of anilines is 1. The largest absolute Gasteiger partial charge is 0.469 e. The van der Waals surface area contributed by atoms with Gasteiger partial charge in [-0.25, -0.2) is 4.98 Å². The van der Waals surface area contributed by atoms with Crippen molar-refractivity contribution >= 4 is 5.69 Å². The SMILES string of the molecule is Cc1ccc([C@H](C)CN[C@H](c2ccccc2)[C@@H]2CNc3cccnc3O2)cn1. The molecule has 0 unspecified atom stereocenters. The quantitative estimate of drug-likeness (QED) is 0.680. The van der Waals surface area contributed by atoms with Crippen molar-refractivity contribution in [3.8, 4) is 5.88 Å². The highest BCUT2D eigenvalue weighted by Gasteiger charge is 2.29. The lowest BCUT2D eigenvalue weighted by atomic mass is 9.97. The van der Waals surface area contributed by atoms with Gasteiger partial charge >= 0.3 is 0 Å². The second-order valence-corrected chi connectivity index (χ2v) is 7.32. The van der Waals surface area contributed by atoms with E-state index in [2.05, 4.69) is 63.9 Å².